The third kappa shape index (κ3) is 5.65. The van der Waals surface area contributed by atoms with E-state index in [1.807, 2.05) is 30.3 Å². The van der Waals surface area contributed by atoms with Crippen molar-refractivity contribution in [3.63, 3.8) is 0 Å². The van der Waals surface area contributed by atoms with Gasteiger partial charge in [0.05, 0.1) is 18.6 Å². The number of carbonyl (C=O) groups is 2. The van der Waals surface area contributed by atoms with E-state index in [2.05, 4.69) is 5.32 Å². The van der Waals surface area contributed by atoms with Gasteiger partial charge in [0.15, 0.2) is 0 Å². The number of nitrogens with zero attached hydrogens (tertiary/aromatic N) is 1. The van der Waals surface area contributed by atoms with E-state index in [-0.39, 0.29) is 31.4 Å². The third-order valence-corrected chi connectivity index (χ3v) is 6.21. The average molecular weight is 483 g/mol. The minimum absolute atomic E-state index is 0.0948. The molecule has 3 aromatic rings. The monoisotopic (exact) mass is 482 g/mol. The van der Waals surface area contributed by atoms with Crippen LogP contribution < -0.4 is 10.1 Å². The zero-order chi connectivity index (χ0) is 25.0. The molecule has 0 spiro atoms. The summed E-state index contributed by atoms with van der Waals surface area (Å²) in [5.74, 6) is -1.38. The Bertz CT molecular complexity index is 1200. The maximum absolute atomic E-state index is 13.4. The maximum atomic E-state index is 13.4. The maximum Gasteiger partial charge on any atom is 0.416 e. The number of amides is 2. The zero-order valence-corrected chi connectivity index (χ0v) is 19.1. The van der Waals surface area contributed by atoms with Crippen LogP contribution in [0.3, 0.4) is 0 Å². The standard InChI is InChI=1S/C27H25F3N2O3/c1-35-22-12-6-10-20(14-22)26(34)32-16-23(19-9-5-11-21(13-19)27(28,29)30)24(17-32)25(33)31-15-18-7-3-2-4-8-18/h2-14,23-24H,15-17H2,1H3,(H,31,33). The number of alkyl halides is 3. The van der Waals surface area contributed by atoms with Gasteiger partial charge in [-0.3, -0.25) is 9.59 Å². The zero-order valence-electron chi connectivity index (χ0n) is 19.1. The fourth-order valence-corrected chi connectivity index (χ4v) is 4.37. The molecule has 0 bridgehead atoms. The van der Waals surface area contributed by atoms with Crippen LogP contribution in [0.25, 0.3) is 0 Å². The highest BCUT2D eigenvalue weighted by atomic mass is 19.4. The van der Waals surface area contributed by atoms with Crippen molar-refractivity contribution in [3.8, 4) is 5.75 Å². The molecule has 0 aliphatic carbocycles. The van der Waals surface area contributed by atoms with Crippen LogP contribution in [0.2, 0.25) is 0 Å². The van der Waals surface area contributed by atoms with Crippen LogP contribution in [0.4, 0.5) is 13.2 Å². The Morgan fingerprint density at radius 1 is 0.971 bits per heavy atom. The lowest BCUT2D eigenvalue weighted by molar-refractivity contribution is -0.137. The Labute approximate surface area is 201 Å². The molecule has 1 heterocycles. The number of benzene rings is 3. The molecule has 35 heavy (non-hydrogen) atoms. The molecular weight excluding hydrogens is 457 g/mol. The van der Waals surface area contributed by atoms with Crippen LogP contribution >= 0.6 is 0 Å². The number of ether oxygens (including phenoxy) is 1. The number of carbonyl (C=O) groups excluding carboxylic acids is 2. The Hall–Kier alpha value is -3.81. The van der Waals surface area contributed by atoms with Crippen LogP contribution in [0.1, 0.15) is 33.0 Å². The largest absolute Gasteiger partial charge is 0.497 e. The number of nitrogens with one attached hydrogen (secondary N) is 1. The van der Waals surface area contributed by atoms with Crippen molar-refractivity contribution in [1.82, 2.24) is 10.2 Å². The lowest BCUT2D eigenvalue weighted by Gasteiger charge is -2.19. The van der Waals surface area contributed by atoms with Gasteiger partial charge in [-0.2, -0.15) is 13.2 Å². The minimum Gasteiger partial charge on any atom is -0.497 e. The molecule has 0 radical (unpaired) electrons. The lowest BCUT2D eigenvalue weighted by atomic mass is 9.87. The second-order valence-electron chi connectivity index (χ2n) is 8.48. The van der Waals surface area contributed by atoms with Crippen molar-refractivity contribution in [2.45, 2.75) is 18.6 Å². The highest BCUT2D eigenvalue weighted by Crippen LogP contribution is 2.37. The van der Waals surface area contributed by atoms with Crippen LogP contribution in [0, 0.1) is 5.92 Å². The molecule has 0 saturated carbocycles. The van der Waals surface area contributed by atoms with Crippen LogP contribution in [0.5, 0.6) is 5.75 Å². The first-order valence-corrected chi connectivity index (χ1v) is 11.2. The summed E-state index contributed by atoms with van der Waals surface area (Å²) < 4.78 is 45.3. The van der Waals surface area contributed by atoms with E-state index < -0.39 is 23.6 Å². The molecule has 0 aromatic heterocycles. The molecule has 3 aromatic carbocycles. The van der Waals surface area contributed by atoms with Crippen LogP contribution in [0.15, 0.2) is 78.9 Å². The molecule has 1 aliphatic heterocycles. The van der Waals surface area contributed by atoms with E-state index in [1.165, 1.54) is 18.1 Å². The van der Waals surface area contributed by atoms with Crippen molar-refractivity contribution in [3.05, 3.63) is 101 Å². The number of rotatable bonds is 6. The molecule has 2 amide bonds. The molecule has 2 atom stereocenters. The molecule has 2 unspecified atom stereocenters. The molecule has 5 nitrogen and oxygen atoms in total. The minimum atomic E-state index is -4.50. The van der Waals surface area contributed by atoms with Crippen molar-refractivity contribution in [1.29, 1.82) is 0 Å². The average Bonchev–Trinajstić information content (AvgIpc) is 3.33. The highest BCUT2D eigenvalue weighted by molar-refractivity contribution is 5.95. The Balaban J connectivity index is 1.60. The van der Waals surface area contributed by atoms with Gasteiger partial charge >= 0.3 is 6.18 Å². The first-order chi connectivity index (χ1) is 16.8. The smallest absolute Gasteiger partial charge is 0.416 e. The van der Waals surface area contributed by atoms with Crippen LogP contribution in [-0.4, -0.2) is 36.9 Å². The topological polar surface area (TPSA) is 58.6 Å². The summed E-state index contributed by atoms with van der Waals surface area (Å²) in [7, 11) is 1.50. The van der Waals surface area contributed by atoms with Crippen molar-refractivity contribution < 1.29 is 27.5 Å². The van der Waals surface area contributed by atoms with Gasteiger partial charge in [-0.05, 0) is 35.4 Å². The quantitative estimate of drug-likeness (QED) is 0.545. The van der Waals surface area contributed by atoms with Gasteiger partial charge in [-0.15, -0.1) is 0 Å². The molecule has 4 rings (SSSR count). The van der Waals surface area contributed by atoms with Gasteiger partial charge in [-0.1, -0.05) is 54.6 Å². The van der Waals surface area contributed by atoms with Gasteiger partial charge in [0.1, 0.15) is 5.75 Å². The number of hydrogen-bond donors (Lipinski definition) is 1. The highest BCUT2D eigenvalue weighted by Gasteiger charge is 2.41. The lowest BCUT2D eigenvalue weighted by Crippen LogP contribution is -2.35. The van der Waals surface area contributed by atoms with E-state index in [4.69, 9.17) is 4.74 Å². The summed E-state index contributed by atoms with van der Waals surface area (Å²) in [5.41, 5.74) is 0.882. The van der Waals surface area contributed by atoms with E-state index in [9.17, 15) is 22.8 Å². The molecule has 8 heteroatoms. The Morgan fingerprint density at radius 2 is 1.71 bits per heavy atom. The van der Waals surface area contributed by atoms with Crippen molar-refractivity contribution in [2.75, 3.05) is 20.2 Å². The van der Waals surface area contributed by atoms with E-state index in [1.54, 1.807) is 30.3 Å². The molecule has 182 valence electrons. The molecule has 1 saturated heterocycles. The van der Waals surface area contributed by atoms with Gasteiger partial charge in [-0.25, -0.2) is 0 Å². The molecular formula is C27H25F3N2O3. The summed E-state index contributed by atoms with van der Waals surface area (Å²) in [6, 6.07) is 21.0. The summed E-state index contributed by atoms with van der Waals surface area (Å²) in [6.07, 6.45) is -4.50. The van der Waals surface area contributed by atoms with E-state index in [0.29, 0.717) is 16.9 Å². The normalized spacial score (nSPS) is 17.8. The second-order valence-corrected chi connectivity index (χ2v) is 8.48. The summed E-state index contributed by atoms with van der Waals surface area (Å²) in [5, 5.41) is 2.88. The first kappa shape index (κ1) is 24.3. The molecule has 1 fully saturated rings. The fraction of sp³-hybridized carbons (Fsp3) is 0.259. The Kier molecular flexibility index (Phi) is 7.10. The SMILES string of the molecule is COc1cccc(C(=O)N2CC(C(=O)NCc3ccccc3)C(c3cccc(C(F)(F)F)c3)C2)c1. The number of likely N-dealkylation sites (tertiary alicyclic amines) is 1. The van der Waals surface area contributed by atoms with Gasteiger partial charge in [0.25, 0.3) is 5.91 Å². The van der Waals surface area contributed by atoms with E-state index >= 15 is 0 Å². The molecule has 1 N–H and O–H groups in total. The number of halogens is 3. The van der Waals surface area contributed by atoms with Gasteiger partial charge < -0.3 is 15.0 Å². The van der Waals surface area contributed by atoms with Crippen molar-refractivity contribution >= 4 is 11.8 Å². The predicted molar refractivity (Wildman–Crippen MR) is 125 cm³/mol. The second kappa shape index (κ2) is 10.2. The summed E-state index contributed by atoms with van der Waals surface area (Å²) >= 11 is 0. The summed E-state index contributed by atoms with van der Waals surface area (Å²) in [6.45, 7) is 0.508. The first-order valence-electron chi connectivity index (χ1n) is 11.2. The van der Waals surface area contributed by atoms with Crippen molar-refractivity contribution in [2.24, 2.45) is 5.92 Å². The Morgan fingerprint density at radius 3 is 2.43 bits per heavy atom. The van der Waals surface area contributed by atoms with E-state index in [0.717, 1.165) is 17.7 Å². The molecule has 1 aliphatic rings. The van der Waals surface area contributed by atoms with Crippen LogP contribution in [-0.2, 0) is 17.5 Å². The number of methoxy groups -OCH3 is 1. The van der Waals surface area contributed by atoms with Gasteiger partial charge in [0.2, 0.25) is 5.91 Å². The fourth-order valence-electron chi connectivity index (χ4n) is 4.37. The third-order valence-electron chi connectivity index (χ3n) is 6.21. The summed E-state index contributed by atoms with van der Waals surface area (Å²) in [4.78, 5) is 27.9. The number of hydrogen-bond acceptors (Lipinski definition) is 3. The predicted octanol–water partition coefficient (Wildman–Crippen LogP) is 4.89. The van der Waals surface area contributed by atoms with Gasteiger partial charge in [0, 0.05) is 31.1 Å².